The normalized spacial score (nSPS) is 12.2. The van der Waals surface area contributed by atoms with Crippen molar-refractivity contribution >= 4 is 17.9 Å². The van der Waals surface area contributed by atoms with E-state index in [0.29, 0.717) is 19.3 Å². The zero-order valence-corrected chi connectivity index (χ0v) is 56.2. The monoisotopic (exact) mass is 1170 g/mol. The van der Waals surface area contributed by atoms with Crippen LogP contribution in [-0.2, 0) is 28.6 Å². The summed E-state index contributed by atoms with van der Waals surface area (Å²) in [5, 5.41) is 0. The lowest BCUT2D eigenvalue weighted by Gasteiger charge is -2.18. The number of carbonyl (C=O) groups is 3. The summed E-state index contributed by atoms with van der Waals surface area (Å²) in [4.78, 5) is 38.6. The highest BCUT2D eigenvalue weighted by atomic mass is 16.6. The predicted octanol–water partition coefficient (Wildman–Crippen LogP) is 25.9. The van der Waals surface area contributed by atoms with Gasteiger partial charge in [0.05, 0.1) is 0 Å². The lowest BCUT2D eigenvalue weighted by Crippen LogP contribution is -2.30. The molecule has 0 aliphatic rings. The molecule has 0 saturated carbocycles. The minimum Gasteiger partial charge on any atom is -0.462 e. The Morgan fingerprint density at radius 3 is 0.699 bits per heavy atom. The fraction of sp³-hybridized carbons (Fsp3) is 0.883. The van der Waals surface area contributed by atoms with Gasteiger partial charge in [0.15, 0.2) is 6.10 Å². The molecular formula is C77H144O6. The molecule has 0 rings (SSSR count). The van der Waals surface area contributed by atoms with Crippen LogP contribution in [0.25, 0.3) is 0 Å². The smallest absolute Gasteiger partial charge is 0.306 e. The maximum Gasteiger partial charge on any atom is 0.306 e. The summed E-state index contributed by atoms with van der Waals surface area (Å²) in [6, 6.07) is 0. The van der Waals surface area contributed by atoms with Gasteiger partial charge in [-0.15, -0.1) is 0 Å². The number of hydrogen-bond acceptors (Lipinski definition) is 6. The summed E-state index contributed by atoms with van der Waals surface area (Å²) in [5.41, 5.74) is 0. The van der Waals surface area contributed by atoms with E-state index in [1.807, 2.05) is 0 Å². The second-order valence-corrected chi connectivity index (χ2v) is 25.6. The largest absolute Gasteiger partial charge is 0.462 e. The van der Waals surface area contributed by atoms with E-state index in [1.165, 1.54) is 302 Å². The summed E-state index contributed by atoms with van der Waals surface area (Å²) in [7, 11) is 0. The predicted molar refractivity (Wildman–Crippen MR) is 362 cm³/mol. The van der Waals surface area contributed by atoms with Crippen LogP contribution in [0.1, 0.15) is 419 Å². The summed E-state index contributed by atoms with van der Waals surface area (Å²) < 4.78 is 17.0. The summed E-state index contributed by atoms with van der Waals surface area (Å²) in [6.07, 6.45) is 90.4. The molecule has 0 radical (unpaired) electrons. The minimum absolute atomic E-state index is 0.0701. The molecule has 0 aromatic heterocycles. The van der Waals surface area contributed by atoms with Crippen LogP contribution < -0.4 is 0 Å². The van der Waals surface area contributed by atoms with Crippen LogP contribution in [0.2, 0.25) is 0 Å². The first-order chi connectivity index (χ1) is 41.0. The highest BCUT2D eigenvalue weighted by Crippen LogP contribution is 2.19. The van der Waals surface area contributed by atoms with Gasteiger partial charge in [0.25, 0.3) is 0 Å². The van der Waals surface area contributed by atoms with E-state index in [0.717, 1.165) is 77.0 Å². The topological polar surface area (TPSA) is 78.9 Å². The molecule has 6 heteroatoms. The van der Waals surface area contributed by atoms with Crippen molar-refractivity contribution in [3.8, 4) is 0 Å². The fourth-order valence-corrected chi connectivity index (χ4v) is 11.5. The van der Waals surface area contributed by atoms with Crippen molar-refractivity contribution in [2.24, 2.45) is 0 Å². The lowest BCUT2D eigenvalue weighted by molar-refractivity contribution is -0.167. The van der Waals surface area contributed by atoms with Crippen LogP contribution >= 0.6 is 0 Å². The molecule has 0 aliphatic carbocycles. The Labute approximate surface area is 518 Å². The third kappa shape index (κ3) is 70.3. The van der Waals surface area contributed by atoms with Gasteiger partial charge in [0.2, 0.25) is 0 Å². The quantitative estimate of drug-likeness (QED) is 0.0261. The van der Waals surface area contributed by atoms with E-state index in [-0.39, 0.29) is 31.1 Å². The van der Waals surface area contributed by atoms with Crippen LogP contribution in [0.3, 0.4) is 0 Å². The van der Waals surface area contributed by atoms with E-state index in [1.54, 1.807) is 0 Å². The molecule has 488 valence electrons. The second kappa shape index (κ2) is 72.1. The van der Waals surface area contributed by atoms with Crippen LogP contribution in [0.15, 0.2) is 36.5 Å². The number of esters is 3. The number of hydrogen-bond donors (Lipinski definition) is 0. The van der Waals surface area contributed by atoms with Gasteiger partial charge in [-0.2, -0.15) is 0 Å². The van der Waals surface area contributed by atoms with E-state index in [4.69, 9.17) is 14.2 Å². The fourth-order valence-electron chi connectivity index (χ4n) is 11.5. The van der Waals surface area contributed by atoms with Crippen molar-refractivity contribution in [3.05, 3.63) is 36.5 Å². The molecule has 6 nitrogen and oxygen atoms in total. The van der Waals surface area contributed by atoms with E-state index in [9.17, 15) is 14.4 Å². The Hall–Kier alpha value is -2.37. The van der Waals surface area contributed by atoms with Crippen molar-refractivity contribution < 1.29 is 28.6 Å². The zero-order chi connectivity index (χ0) is 59.9. The highest BCUT2D eigenvalue weighted by molar-refractivity contribution is 5.71. The molecule has 0 bridgehead atoms. The first-order valence-corrected chi connectivity index (χ1v) is 37.5. The molecule has 0 heterocycles. The van der Waals surface area contributed by atoms with Crippen LogP contribution in [0, 0.1) is 0 Å². The van der Waals surface area contributed by atoms with Gasteiger partial charge in [-0.05, 0) is 57.8 Å². The molecule has 0 spiro atoms. The third-order valence-electron chi connectivity index (χ3n) is 17.1. The van der Waals surface area contributed by atoms with E-state index in [2.05, 4.69) is 57.2 Å². The lowest BCUT2D eigenvalue weighted by atomic mass is 10.0. The number of rotatable bonds is 70. The number of carbonyl (C=O) groups excluding carboxylic acids is 3. The maximum absolute atomic E-state index is 13.0. The van der Waals surface area contributed by atoms with E-state index >= 15 is 0 Å². The Bertz CT molecular complexity index is 1380. The third-order valence-corrected chi connectivity index (χ3v) is 17.1. The van der Waals surface area contributed by atoms with Crippen molar-refractivity contribution in [2.45, 2.75) is 425 Å². The van der Waals surface area contributed by atoms with Crippen molar-refractivity contribution in [3.63, 3.8) is 0 Å². The molecule has 1 atom stereocenters. The molecule has 0 saturated heterocycles. The molecule has 0 aromatic rings. The van der Waals surface area contributed by atoms with Gasteiger partial charge >= 0.3 is 17.9 Å². The molecule has 0 amide bonds. The molecule has 0 aliphatic heterocycles. The minimum atomic E-state index is -0.776. The molecular weight excluding hydrogens is 1020 g/mol. The molecule has 0 fully saturated rings. The maximum atomic E-state index is 13.0. The molecule has 83 heavy (non-hydrogen) atoms. The summed E-state index contributed by atoms with van der Waals surface area (Å²) in [5.74, 6) is -0.848. The van der Waals surface area contributed by atoms with Crippen molar-refractivity contribution in [1.82, 2.24) is 0 Å². The number of allylic oxidation sites excluding steroid dienone is 6. The van der Waals surface area contributed by atoms with Crippen LogP contribution in [-0.4, -0.2) is 37.2 Å². The molecule has 0 aromatic carbocycles. The van der Waals surface area contributed by atoms with Gasteiger partial charge in [-0.1, -0.05) is 378 Å². The Morgan fingerprint density at radius 1 is 0.241 bits per heavy atom. The van der Waals surface area contributed by atoms with Gasteiger partial charge in [-0.3, -0.25) is 14.4 Å². The van der Waals surface area contributed by atoms with Crippen LogP contribution in [0.5, 0.6) is 0 Å². The molecule has 1 unspecified atom stereocenters. The standard InChI is InChI=1S/C77H144O6/c1-4-7-10-13-16-19-22-25-28-31-34-36-37-38-39-41-43-46-49-52-55-58-61-64-67-70-76(79)82-73-74(72-81-75(78)69-66-63-60-57-54-51-48-45-42-33-30-27-24-21-18-15-12-9-6-3)83-77(80)71-68-65-62-59-56-53-50-47-44-40-35-32-29-26-23-20-17-14-11-8-5-2/h18,21,27,30,42,45,74H,4-17,19-20,22-26,28-29,31-41,43-44,46-73H2,1-3H3/b21-18-,30-27-,45-42-. The number of ether oxygens (including phenoxy) is 3. The second-order valence-electron chi connectivity index (χ2n) is 25.6. The van der Waals surface area contributed by atoms with Gasteiger partial charge in [-0.25, -0.2) is 0 Å². The summed E-state index contributed by atoms with van der Waals surface area (Å²) in [6.45, 7) is 6.70. The highest BCUT2D eigenvalue weighted by Gasteiger charge is 2.20. The Kier molecular flexibility index (Phi) is 70.0. The molecule has 0 N–H and O–H groups in total. The first kappa shape index (κ1) is 80.6. The van der Waals surface area contributed by atoms with Gasteiger partial charge < -0.3 is 14.2 Å². The zero-order valence-electron chi connectivity index (χ0n) is 56.2. The summed E-state index contributed by atoms with van der Waals surface area (Å²) >= 11 is 0. The van der Waals surface area contributed by atoms with Crippen molar-refractivity contribution in [1.29, 1.82) is 0 Å². The SMILES string of the molecule is CCCCC/C=C\C/C=C\C/C=C\CCCCCCCCC(=O)OCC(COC(=O)CCCCCCCCCCCCCCCCCCCCCCCCCCC)OC(=O)CCCCCCCCCCCCCCCCCCCCCCC. The van der Waals surface area contributed by atoms with E-state index < -0.39 is 6.10 Å². The van der Waals surface area contributed by atoms with Gasteiger partial charge in [0.1, 0.15) is 13.2 Å². The van der Waals surface area contributed by atoms with Crippen molar-refractivity contribution in [2.75, 3.05) is 13.2 Å². The first-order valence-electron chi connectivity index (χ1n) is 37.5. The van der Waals surface area contributed by atoms with Crippen LogP contribution in [0.4, 0.5) is 0 Å². The Balaban J connectivity index is 4.29. The average Bonchev–Trinajstić information content (AvgIpc) is 3.49. The van der Waals surface area contributed by atoms with Gasteiger partial charge in [0, 0.05) is 19.3 Å². The average molecular weight is 1170 g/mol. The number of unbranched alkanes of at least 4 members (excludes halogenated alkanes) is 53. The Morgan fingerprint density at radius 2 is 0.434 bits per heavy atom.